The summed E-state index contributed by atoms with van der Waals surface area (Å²) in [6, 6.07) is 4.96. The molecule has 4 aromatic heterocycles. The smallest absolute Gasteiger partial charge is 0.390 e. The number of nitro groups is 1. The monoisotopic (exact) mass is 331 g/mol. The van der Waals surface area contributed by atoms with Crippen LogP contribution in [0.1, 0.15) is 10.7 Å². The summed E-state index contributed by atoms with van der Waals surface area (Å²) in [6.45, 7) is 2.08. The standard InChI is InChI=1S/C12H9N7O3S/c1-7-5-9(19(20)21)15-17(7)6-10-16-18-11(8-3-2-4-22-8)13-14-12(18)23-10/h2-5H,6H2,1H3. The van der Waals surface area contributed by atoms with E-state index in [-0.39, 0.29) is 5.82 Å². The minimum atomic E-state index is -0.517. The molecule has 0 aromatic carbocycles. The highest BCUT2D eigenvalue weighted by molar-refractivity contribution is 7.16. The molecule has 0 amide bonds. The summed E-state index contributed by atoms with van der Waals surface area (Å²) < 4.78 is 8.44. The van der Waals surface area contributed by atoms with E-state index in [0.717, 1.165) is 0 Å². The molecule has 0 aliphatic carbocycles. The molecule has 23 heavy (non-hydrogen) atoms. The molecule has 0 spiro atoms. The van der Waals surface area contributed by atoms with Gasteiger partial charge in [-0.2, -0.15) is 14.3 Å². The van der Waals surface area contributed by atoms with Gasteiger partial charge in [-0.25, -0.2) is 0 Å². The van der Waals surface area contributed by atoms with E-state index >= 15 is 0 Å². The molecule has 0 saturated heterocycles. The Morgan fingerprint density at radius 2 is 2.26 bits per heavy atom. The Hall–Kier alpha value is -3.08. The van der Waals surface area contributed by atoms with Crippen molar-refractivity contribution < 1.29 is 9.34 Å². The van der Waals surface area contributed by atoms with Crippen LogP contribution in [0.25, 0.3) is 16.5 Å². The number of aromatic nitrogens is 6. The first kappa shape index (κ1) is 13.6. The Kier molecular flexibility index (Phi) is 2.94. The Bertz CT molecular complexity index is 998. The zero-order valence-electron chi connectivity index (χ0n) is 11.8. The number of fused-ring (bicyclic) bond motifs is 1. The van der Waals surface area contributed by atoms with Gasteiger partial charge in [-0.3, -0.25) is 0 Å². The minimum Gasteiger partial charge on any atom is -0.461 e. The number of aryl methyl sites for hydroxylation is 1. The van der Waals surface area contributed by atoms with Crippen LogP contribution in [0.5, 0.6) is 0 Å². The van der Waals surface area contributed by atoms with Gasteiger partial charge in [0.25, 0.3) is 0 Å². The molecule has 4 rings (SSSR count). The summed E-state index contributed by atoms with van der Waals surface area (Å²) >= 11 is 1.34. The van der Waals surface area contributed by atoms with Crippen LogP contribution in [0.2, 0.25) is 0 Å². The normalized spacial score (nSPS) is 11.3. The van der Waals surface area contributed by atoms with Crippen molar-refractivity contribution in [2.45, 2.75) is 13.5 Å². The predicted octanol–water partition coefficient (Wildman–Crippen LogP) is 1.91. The minimum absolute atomic E-state index is 0.179. The van der Waals surface area contributed by atoms with Crippen LogP contribution in [0, 0.1) is 17.0 Å². The van der Waals surface area contributed by atoms with Crippen LogP contribution >= 0.6 is 11.3 Å². The lowest BCUT2D eigenvalue weighted by Gasteiger charge is -1.94. The summed E-state index contributed by atoms with van der Waals surface area (Å²) in [7, 11) is 0. The van der Waals surface area contributed by atoms with Crippen molar-refractivity contribution in [3.8, 4) is 11.6 Å². The number of hydrogen-bond donors (Lipinski definition) is 0. The number of hydrogen-bond acceptors (Lipinski definition) is 8. The van der Waals surface area contributed by atoms with Gasteiger partial charge in [0.2, 0.25) is 10.8 Å². The molecule has 0 fully saturated rings. The molecule has 0 N–H and O–H groups in total. The second kappa shape index (κ2) is 4.98. The Balaban J connectivity index is 1.69. The van der Waals surface area contributed by atoms with Gasteiger partial charge in [0.1, 0.15) is 11.6 Å². The molecular formula is C12H9N7O3S. The van der Waals surface area contributed by atoms with E-state index in [0.29, 0.717) is 33.8 Å². The topological polar surface area (TPSA) is 117 Å². The van der Waals surface area contributed by atoms with Gasteiger partial charge in [0, 0.05) is 0 Å². The van der Waals surface area contributed by atoms with E-state index in [4.69, 9.17) is 4.42 Å². The molecule has 0 aliphatic rings. The SMILES string of the molecule is Cc1cc([N+](=O)[O-])nn1Cc1nn2c(-c3ccco3)nnc2s1. The number of furan rings is 1. The molecule has 4 heterocycles. The third kappa shape index (κ3) is 2.26. The lowest BCUT2D eigenvalue weighted by molar-refractivity contribution is -0.389. The van der Waals surface area contributed by atoms with Gasteiger partial charge >= 0.3 is 5.82 Å². The largest absolute Gasteiger partial charge is 0.461 e. The molecule has 0 unspecified atom stereocenters. The van der Waals surface area contributed by atoms with Crippen LogP contribution in [0.15, 0.2) is 28.9 Å². The van der Waals surface area contributed by atoms with Crippen molar-refractivity contribution >= 4 is 22.1 Å². The average Bonchev–Trinajstić information content (AvgIpc) is 3.23. The molecule has 0 atom stereocenters. The third-order valence-electron chi connectivity index (χ3n) is 3.21. The van der Waals surface area contributed by atoms with Gasteiger partial charge in [-0.1, -0.05) is 11.3 Å². The maximum absolute atomic E-state index is 10.8. The van der Waals surface area contributed by atoms with Crippen LogP contribution in [0.3, 0.4) is 0 Å². The molecule has 0 aliphatic heterocycles. The van der Waals surface area contributed by atoms with Gasteiger partial charge in [-0.15, -0.1) is 10.2 Å². The maximum atomic E-state index is 10.8. The fourth-order valence-electron chi connectivity index (χ4n) is 2.15. The van der Waals surface area contributed by atoms with Crippen molar-refractivity contribution in [1.82, 2.24) is 29.6 Å². The van der Waals surface area contributed by atoms with E-state index in [2.05, 4.69) is 20.4 Å². The van der Waals surface area contributed by atoms with E-state index in [9.17, 15) is 10.1 Å². The third-order valence-corrected chi connectivity index (χ3v) is 4.10. The van der Waals surface area contributed by atoms with Gasteiger partial charge in [0.15, 0.2) is 5.76 Å². The van der Waals surface area contributed by atoms with E-state index in [1.165, 1.54) is 22.1 Å². The Labute approximate surface area is 132 Å². The van der Waals surface area contributed by atoms with Crippen molar-refractivity contribution in [3.05, 3.63) is 45.3 Å². The summed E-state index contributed by atoms with van der Waals surface area (Å²) in [5.41, 5.74) is 0.689. The maximum Gasteiger partial charge on any atom is 0.390 e. The zero-order chi connectivity index (χ0) is 16.0. The molecule has 4 aromatic rings. The highest BCUT2D eigenvalue weighted by Crippen LogP contribution is 2.22. The molecule has 0 bridgehead atoms. The van der Waals surface area contributed by atoms with Gasteiger partial charge in [-0.05, 0) is 24.0 Å². The molecule has 116 valence electrons. The molecule has 11 heteroatoms. The van der Waals surface area contributed by atoms with E-state index in [1.807, 2.05) is 0 Å². The van der Waals surface area contributed by atoms with Crippen LogP contribution in [-0.2, 0) is 6.54 Å². The first-order valence-corrected chi connectivity index (χ1v) is 7.37. The average molecular weight is 331 g/mol. The molecule has 0 saturated carbocycles. The lowest BCUT2D eigenvalue weighted by atomic mass is 10.4. The van der Waals surface area contributed by atoms with Crippen molar-refractivity contribution in [2.75, 3.05) is 0 Å². The van der Waals surface area contributed by atoms with Crippen LogP contribution in [0.4, 0.5) is 5.82 Å². The Morgan fingerprint density at radius 1 is 1.39 bits per heavy atom. The second-order valence-corrected chi connectivity index (χ2v) is 5.79. The van der Waals surface area contributed by atoms with Crippen LogP contribution < -0.4 is 0 Å². The summed E-state index contributed by atoms with van der Waals surface area (Å²) in [4.78, 5) is 10.9. The molecular weight excluding hydrogens is 322 g/mol. The highest BCUT2D eigenvalue weighted by atomic mass is 32.1. The Morgan fingerprint density at radius 3 is 2.96 bits per heavy atom. The number of nitrogens with zero attached hydrogens (tertiary/aromatic N) is 7. The van der Waals surface area contributed by atoms with Crippen LogP contribution in [-0.4, -0.2) is 34.5 Å². The van der Waals surface area contributed by atoms with Gasteiger partial charge in [0.05, 0.1) is 23.1 Å². The molecule has 10 nitrogen and oxygen atoms in total. The summed E-state index contributed by atoms with van der Waals surface area (Å²) in [5, 5.41) is 28.0. The molecule has 0 radical (unpaired) electrons. The fourth-order valence-corrected chi connectivity index (χ4v) is 2.97. The van der Waals surface area contributed by atoms with Crippen molar-refractivity contribution in [2.24, 2.45) is 0 Å². The van der Waals surface area contributed by atoms with E-state index < -0.39 is 4.92 Å². The van der Waals surface area contributed by atoms with Gasteiger partial charge < -0.3 is 14.5 Å². The summed E-state index contributed by atoms with van der Waals surface area (Å²) in [5.74, 6) is 0.901. The van der Waals surface area contributed by atoms with Crippen molar-refractivity contribution in [3.63, 3.8) is 0 Å². The second-order valence-electron chi connectivity index (χ2n) is 4.75. The highest BCUT2D eigenvalue weighted by Gasteiger charge is 2.19. The summed E-state index contributed by atoms with van der Waals surface area (Å²) in [6.07, 6.45) is 1.55. The lowest BCUT2D eigenvalue weighted by Crippen LogP contribution is -2.04. The van der Waals surface area contributed by atoms with Crippen molar-refractivity contribution in [1.29, 1.82) is 0 Å². The first-order chi connectivity index (χ1) is 11.1. The number of rotatable bonds is 4. The quantitative estimate of drug-likeness (QED) is 0.414. The zero-order valence-corrected chi connectivity index (χ0v) is 12.6. The van der Waals surface area contributed by atoms with E-state index in [1.54, 1.807) is 29.8 Å². The fraction of sp³-hybridized carbons (Fsp3) is 0.167. The predicted molar refractivity (Wildman–Crippen MR) is 79.1 cm³/mol. The first-order valence-electron chi connectivity index (χ1n) is 6.55.